The van der Waals surface area contributed by atoms with Gasteiger partial charge in [0, 0.05) is 6.07 Å². The number of aromatic nitrogens is 2. The van der Waals surface area contributed by atoms with Crippen molar-refractivity contribution in [2.75, 3.05) is 0 Å². The molecule has 6 nitrogen and oxygen atoms in total. The van der Waals surface area contributed by atoms with Gasteiger partial charge in [-0.05, 0) is 30.7 Å². The fourth-order valence-electron chi connectivity index (χ4n) is 1.43. The molecule has 0 unspecified atom stereocenters. The predicted octanol–water partition coefficient (Wildman–Crippen LogP) is 3.28. The largest absolute Gasteiger partial charge is 0.433 e. The summed E-state index contributed by atoms with van der Waals surface area (Å²) in [5.41, 5.74) is -0.343. The van der Waals surface area contributed by atoms with Gasteiger partial charge in [0.25, 0.3) is 0 Å². The summed E-state index contributed by atoms with van der Waals surface area (Å²) in [6, 6.07) is 5.15. The first-order valence-electron chi connectivity index (χ1n) is 5.09. The zero-order valence-corrected chi connectivity index (χ0v) is 10.4. The van der Waals surface area contributed by atoms with Crippen molar-refractivity contribution in [3.63, 3.8) is 0 Å². The highest BCUT2D eigenvalue weighted by Crippen LogP contribution is 2.32. The molecule has 0 atom stereocenters. The molecule has 0 aliphatic rings. The van der Waals surface area contributed by atoms with Crippen molar-refractivity contribution >= 4 is 17.3 Å². The van der Waals surface area contributed by atoms with Gasteiger partial charge in [0.15, 0.2) is 0 Å². The highest BCUT2D eigenvalue weighted by atomic mass is 35.5. The van der Waals surface area contributed by atoms with E-state index in [0.717, 1.165) is 6.07 Å². The zero-order chi connectivity index (χ0) is 14.0. The van der Waals surface area contributed by atoms with Crippen molar-refractivity contribution in [3.8, 4) is 11.6 Å². The molecule has 98 valence electrons. The van der Waals surface area contributed by atoms with Crippen LogP contribution in [-0.2, 0) is 0 Å². The van der Waals surface area contributed by atoms with Crippen LogP contribution in [0.15, 0.2) is 24.3 Å². The third kappa shape index (κ3) is 2.94. The molecule has 1 aromatic heterocycles. The number of nitrogens with zero attached hydrogens (tertiary/aromatic N) is 3. The monoisotopic (exact) mass is 283 g/mol. The van der Waals surface area contributed by atoms with Gasteiger partial charge in [-0.15, -0.1) is 0 Å². The van der Waals surface area contributed by atoms with Crippen LogP contribution in [0.2, 0.25) is 5.28 Å². The van der Waals surface area contributed by atoms with E-state index in [9.17, 15) is 14.5 Å². The highest BCUT2D eigenvalue weighted by Gasteiger charge is 2.23. The summed E-state index contributed by atoms with van der Waals surface area (Å²) in [5, 5.41) is 10.8. The smallest absolute Gasteiger partial charge is 0.352 e. The molecule has 0 N–H and O–H groups in total. The Hall–Kier alpha value is -2.28. The van der Waals surface area contributed by atoms with Gasteiger partial charge in [0.2, 0.25) is 5.28 Å². The van der Waals surface area contributed by atoms with Crippen LogP contribution in [0.4, 0.5) is 10.1 Å². The van der Waals surface area contributed by atoms with E-state index in [1.54, 1.807) is 0 Å². The zero-order valence-electron chi connectivity index (χ0n) is 9.63. The molecule has 0 bridgehead atoms. The van der Waals surface area contributed by atoms with E-state index >= 15 is 0 Å². The van der Waals surface area contributed by atoms with Crippen molar-refractivity contribution in [1.82, 2.24) is 9.97 Å². The molecular formula is C11H7ClFN3O3. The average Bonchev–Trinajstić information content (AvgIpc) is 2.26. The molecule has 2 rings (SSSR count). The Morgan fingerprint density at radius 3 is 2.79 bits per heavy atom. The lowest BCUT2D eigenvalue weighted by Crippen LogP contribution is -2.01. The van der Waals surface area contributed by atoms with E-state index in [2.05, 4.69) is 9.97 Å². The topological polar surface area (TPSA) is 78.2 Å². The van der Waals surface area contributed by atoms with Crippen LogP contribution < -0.4 is 4.74 Å². The van der Waals surface area contributed by atoms with Crippen molar-refractivity contribution in [2.24, 2.45) is 0 Å². The molecule has 0 fully saturated rings. The maximum Gasteiger partial charge on any atom is 0.352 e. The van der Waals surface area contributed by atoms with Crippen LogP contribution in [0.5, 0.6) is 11.6 Å². The minimum Gasteiger partial charge on any atom is -0.433 e. The molecule has 19 heavy (non-hydrogen) atoms. The molecule has 0 radical (unpaired) electrons. The molecule has 0 amide bonds. The summed E-state index contributed by atoms with van der Waals surface area (Å²) in [4.78, 5) is 17.6. The summed E-state index contributed by atoms with van der Waals surface area (Å²) in [7, 11) is 0. The molecule has 0 saturated heterocycles. The summed E-state index contributed by atoms with van der Waals surface area (Å²) >= 11 is 5.63. The van der Waals surface area contributed by atoms with Gasteiger partial charge in [0.05, 0.1) is 4.92 Å². The maximum atomic E-state index is 13.0. The second kappa shape index (κ2) is 5.15. The Morgan fingerprint density at radius 2 is 2.16 bits per heavy atom. The van der Waals surface area contributed by atoms with Gasteiger partial charge >= 0.3 is 11.6 Å². The van der Waals surface area contributed by atoms with E-state index in [-0.39, 0.29) is 22.6 Å². The average molecular weight is 284 g/mol. The van der Waals surface area contributed by atoms with Crippen LogP contribution in [-0.4, -0.2) is 14.9 Å². The van der Waals surface area contributed by atoms with E-state index in [0.29, 0.717) is 0 Å². The van der Waals surface area contributed by atoms with Gasteiger partial charge < -0.3 is 4.74 Å². The minimum absolute atomic E-state index is 0.0661. The first-order chi connectivity index (χ1) is 8.97. The fourth-order valence-corrected chi connectivity index (χ4v) is 1.63. The standard InChI is InChI=1S/C11H7ClFN3O3/c1-6-9(16(17)18)10(15-11(12)14-6)19-8-4-2-3-7(13)5-8/h2-5H,1H3. The summed E-state index contributed by atoms with van der Waals surface area (Å²) in [6.45, 7) is 1.41. The number of rotatable bonds is 3. The Bertz CT molecular complexity index is 651. The Morgan fingerprint density at radius 1 is 1.42 bits per heavy atom. The van der Waals surface area contributed by atoms with E-state index in [4.69, 9.17) is 16.3 Å². The molecule has 0 aliphatic carbocycles. The van der Waals surface area contributed by atoms with Crippen LogP contribution in [0.1, 0.15) is 5.69 Å². The van der Waals surface area contributed by atoms with Crippen LogP contribution in [0, 0.1) is 22.9 Å². The van der Waals surface area contributed by atoms with Crippen LogP contribution >= 0.6 is 11.6 Å². The Labute approximate surface area is 112 Å². The fraction of sp³-hybridized carbons (Fsp3) is 0.0909. The molecular weight excluding hydrogens is 277 g/mol. The number of hydrogen-bond donors (Lipinski definition) is 0. The normalized spacial score (nSPS) is 10.3. The molecule has 0 saturated carbocycles. The summed E-state index contributed by atoms with van der Waals surface area (Å²) in [6.07, 6.45) is 0. The summed E-state index contributed by atoms with van der Waals surface area (Å²) in [5.74, 6) is -0.776. The molecule has 0 spiro atoms. The van der Waals surface area contributed by atoms with Crippen molar-refractivity contribution in [1.29, 1.82) is 0 Å². The molecule has 0 aliphatic heterocycles. The highest BCUT2D eigenvalue weighted by molar-refractivity contribution is 6.28. The van der Waals surface area contributed by atoms with Gasteiger partial charge in [-0.3, -0.25) is 10.1 Å². The minimum atomic E-state index is -0.680. The lowest BCUT2D eigenvalue weighted by atomic mass is 10.3. The number of benzene rings is 1. The van der Waals surface area contributed by atoms with Gasteiger partial charge in [0.1, 0.15) is 17.3 Å². The number of halogens is 2. The third-order valence-electron chi connectivity index (χ3n) is 2.19. The third-order valence-corrected chi connectivity index (χ3v) is 2.36. The van der Waals surface area contributed by atoms with Crippen molar-refractivity contribution in [3.05, 3.63) is 51.2 Å². The lowest BCUT2D eigenvalue weighted by Gasteiger charge is -2.06. The molecule has 1 heterocycles. The number of hydrogen-bond acceptors (Lipinski definition) is 5. The van der Waals surface area contributed by atoms with E-state index in [1.165, 1.54) is 25.1 Å². The number of ether oxygens (including phenoxy) is 1. The maximum absolute atomic E-state index is 13.0. The number of aryl methyl sites for hydroxylation is 1. The van der Waals surface area contributed by atoms with Crippen molar-refractivity contribution < 1.29 is 14.1 Å². The molecule has 1 aromatic carbocycles. The van der Waals surface area contributed by atoms with E-state index < -0.39 is 16.4 Å². The first-order valence-corrected chi connectivity index (χ1v) is 5.47. The molecule has 8 heteroatoms. The lowest BCUT2D eigenvalue weighted by molar-refractivity contribution is -0.386. The predicted molar refractivity (Wildman–Crippen MR) is 64.9 cm³/mol. The van der Waals surface area contributed by atoms with E-state index in [1.807, 2.05) is 0 Å². The number of nitro groups is 1. The molecule has 2 aromatic rings. The first kappa shape index (κ1) is 13.2. The summed E-state index contributed by atoms with van der Waals surface area (Å²) < 4.78 is 18.2. The quantitative estimate of drug-likeness (QED) is 0.491. The van der Waals surface area contributed by atoms with Gasteiger partial charge in [-0.1, -0.05) is 6.07 Å². The van der Waals surface area contributed by atoms with Gasteiger partial charge in [-0.25, -0.2) is 9.37 Å². The second-order valence-corrected chi connectivity index (χ2v) is 3.89. The second-order valence-electron chi connectivity index (χ2n) is 3.55. The van der Waals surface area contributed by atoms with Crippen LogP contribution in [0.3, 0.4) is 0 Å². The van der Waals surface area contributed by atoms with Gasteiger partial charge in [-0.2, -0.15) is 4.98 Å². The SMILES string of the molecule is Cc1nc(Cl)nc(Oc2cccc(F)c2)c1[N+](=O)[O-]. The van der Waals surface area contributed by atoms with Crippen LogP contribution in [0.25, 0.3) is 0 Å². The Balaban J connectivity index is 2.47. The van der Waals surface area contributed by atoms with Crippen molar-refractivity contribution in [2.45, 2.75) is 6.92 Å². The Kier molecular flexibility index (Phi) is 3.57.